The summed E-state index contributed by atoms with van der Waals surface area (Å²) in [4.78, 5) is 1.31. The monoisotopic (exact) mass is 303 g/mol. The van der Waals surface area contributed by atoms with Crippen LogP contribution in [0.2, 0.25) is 0 Å². The molecular formula is C12H18BrNOS. The predicted octanol–water partition coefficient (Wildman–Crippen LogP) is 3.73. The van der Waals surface area contributed by atoms with Crippen molar-refractivity contribution in [3.63, 3.8) is 0 Å². The topological polar surface area (TPSA) is 21.3 Å². The Bertz CT molecular complexity index is 349. The van der Waals surface area contributed by atoms with Crippen LogP contribution in [0.3, 0.4) is 0 Å². The lowest BCUT2D eigenvalue weighted by atomic mass is 9.95. The van der Waals surface area contributed by atoms with E-state index in [-0.39, 0.29) is 11.7 Å². The smallest absolute Gasteiger partial charge is 0.105 e. The summed E-state index contributed by atoms with van der Waals surface area (Å²) in [5.41, 5.74) is 0.0272. The van der Waals surface area contributed by atoms with Crippen LogP contribution in [0, 0.1) is 0 Å². The lowest BCUT2D eigenvalue weighted by Gasteiger charge is -2.40. The molecule has 0 spiro atoms. The Morgan fingerprint density at radius 2 is 2.25 bits per heavy atom. The van der Waals surface area contributed by atoms with Gasteiger partial charge in [0, 0.05) is 18.0 Å². The molecule has 1 saturated heterocycles. The van der Waals surface area contributed by atoms with Crippen LogP contribution in [0.5, 0.6) is 0 Å². The Morgan fingerprint density at radius 3 is 2.81 bits per heavy atom. The number of ether oxygens (including phenoxy) is 1. The number of hydrogen-bond donors (Lipinski definition) is 1. The normalized spacial score (nSPS) is 24.6. The molecule has 0 bridgehead atoms. The molecule has 0 aliphatic carbocycles. The van der Waals surface area contributed by atoms with E-state index in [1.165, 1.54) is 8.66 Å². The van der Waals surface area contributed by atoms with Gasteiger partial charge in [-0.3, -0.25) is 0 Å². The Hall–Kier alpha value is 0.1000. The van der Waals surface area contributed by atoms with Crippen LogP contribution in [-0.2, 0) is 4.74 Å². The van der Waals surface area contributed by atoms with Gasteiger partial charge in [0.15, 0.2) is 0 Å². The molecule has 2 heterocycles. The van der Waals surface area contributed by atoms with Crippen molar-refractivity contribution in [2.45, 2.75) is 38.4 Å². The van der Waals surface area contributed by atoms with E-state index in [1.807, 2.05) is 0 Å². The highest BCUT2D eigenvalue weighted by atomic mass is 79.9. The van der Waals surface area contributed by atoms with E-state index in [2.05, 4.69) is 47.2 Å². The average molecular weight is 304 g/mol. The maximum atomic E-state index is 6.30. The summed E-state index contributed by atoms with van der Waals surface area (Å²) in [6, 6.07) is 4.25. The summed E-state index contributed by atoms with van der Waals surface area (Å²) < 4.78 is 7.48. The summed E-state index contributed by atoms with van der Waals surface area (Å²) in [6.45, 7) is 6.31. The molecule has 1 aromatic heterocycles. The molecule has 1 atom stereocenters. The number of thiophene rings is 1. The van der Waals surface area contributed by atoms with Gasteiger partial charge in [0.25, 0.3) is 0 Å². The highest BCUT2D eigenvalue weighted by Crippen LogP contribution is 2.35. The zero-order valence-corrected chi connectivity index (χ0v) is 12.2. The van der Waals surface area contributed by atoms with Gasteiger partial charge in [0.05, 0.1) is 9.39 Å². The summed E-state index contributed by atoms with van der Waals surface area (Å²) >= 11 is 5.27. The fraction of sp³-hybridized carbons (Fsp3) is 0.667. The van der Waals surface area contributed by atoms with E-state index in [4.69, 9.17) is 4.74 Å². The zero-order chi connectivity index (χ0) is 11.6. The van der Waals surface area contributed by atoms with Gasteiger partial charge in [-0.2, -0.15) is 0 Å². The fourth-order valence-electron chi connectivity index (χ4n) is 2.14. The molecule has 1 aromatic rings. The van der Waals surface area contributed by atoms with Gasteiger partial charge in [-0.15, -0.1) is 11.3 Å². The van der Waals surface area contributed by atoms with Crippen LogP contribution >= 0.6 is 27.3 Å². The van der Waals surface area contributed by atoms with Crippen molar-refractivity contribution in [1.29, 1.82) is 0 Å². The van der Waals surface area contributed by atoms with E-state index in [0.717, 1.165) is 25.9 Å². The Morgan fingerprint density at radius 1 is 1.50 bits per heavy atom. The van der Waals surface area contributed by atoms with E-state index < -0.39 is 0 Å². The molecule has 1 aliphatic heterocycles. The standard InChI is InChI=1S/C12H18BrNOS/c1-3-12(4-2)8-14-7-9(15-12)10-5-6-11(13)16-10/h5-6,9,14H,3-4,7-8H2,1-2H3. The molecule has 0 amide bonds. The van der Waals surface area contributed by atoms with Gasteiger partial charge >= 0.3 is 0 Å². The highest BCUT2D eigenvalue weighted by Gasteiger charge is 2.35. The lowest BCUT2D eigenvalue weighted by molar-refractivity contribution is -0.121. The molecule has 90 valence electrons. The van der Waals surface area contributed by atoms with E-state index in [0.29, 0.717) is 0 Å². The quantitative estimate of drug-likeness (QED) is 0.918. The molecule has 1 fully saturated rings. The van der Waals surface area contributed by atoms with Gasteiger partial charge in [-0.05, 0) is 40.9 Å². The third kappa shape index (κ3) is 2.50. The second-order valence-electron chi connectivity index (χ2n) is 4.27. The zero-order valence-electron chi connectivity index (χ0n) is 9.75. The number of morpholine rings is 1. The minimum Gasteiger partial charge on any atom is -0.364 e. The van der Waals surface area contributed by atoms with Crippen molar-refractivity contribution in [3.8, 4) is 0 Å². The van der Waals surface area contributed by atoms with Crippen LogP contribution in [0.15, 0.2) is 15.9 Å². The highest BCUT2D eigenvalue weighted by molar-refractivity contribution is 9.11. The Labute approximate surface area is 110 Å². The van der Waals surface area contributed by atoms with E-state index in [9.17, 15) is 0 Å². The van der Waals surface area contributed by atoms with Crippen molar-refractivity contribution in [1.82, 2.24) is 5.32 Å². The predicted molar refractivity (Wildman–Crippen MR) is 72.0 cm³/mol. The molecule has 1 aliphatic rings. The van der Waals surface area contributed by atoms with Crippen LogP contribution in [0.25, 0.3) is 0 Å². The molecule has 0 saturated carbocycles. The number of nitrogens with one attached hydrogen (secondary N) is 1. The van der Waals surface area contributed by atoms with Crippen LogP contribution in [0.1, 0.15) is 37.7 Å². The Kier molecular flexibility index (Phi) is 4.06. The minimum absolute atomic E-state index is 0.0272. The maximum Gasteiger partial charge on any atom is 0.105 e. The van der Waals surface area contributed by atoms with Crippen LogP contribution < -0.4 is 5.32 Å². The summed E-state index contributed by atoms with van der Waals surface area (Å²) in [5.74, 6) is 0. The van der Waals surface area contributed by atoms with E-state index >= 15 is 0 Å². The second kappa shape index (κ2) is 5.17. The van der Waals surface area contributed by atoms with Crippen molar-refractivity contribution in [2.24, 2.45) is 0 Å². The molecule has 4 heteroatoms. The van der Waals surface area contributed by atoms with Gasteiger partial charge in [-0.25, -0.2) is 0 Å². The molecule has 1 N–H and O–H groups in total. The first kappa shape index (κ1) is 12.6. The molecular weight excluding hydrogens is 286 g/mol. The first-order valence-electron chi connectivity index (χ1n) is 5.83. The maximum absolute atomic E-state index is 6.30. The van der Waals surface area contributed by atoms with Crippen LogP contribution in [0.4, 0.5) is 0 Å². The Balaban J connectivity index is 2.12. The van der Waals surface area contributed by atoms with Gasteiger partial charge < -0.3 is 10.1 Å². The molecule has 16 heavy (non-hydrogen) atoms. The van der Waals surface area contributed by atoms with Crippen molar-refractivity contribution >= 4 is 27.3 Å². The van der Waals surface area contributed by atoms with Crippen LogP contribution in [-0.4, -0.2) is 18.7 Å². The minimum atomic E-state index is 0.0272. The largest absolute Gasteiger partial charge is 0.364 e. The second-order valence-corrected chi connectivity index (χ2v) is 6.76. The molecule has 2 nitrogen and oxygen atoms in total. The molecule has 0 aromatic carbocycles. The lowest BCUT2D eigenvalue weighted by Crippen LogP contribution is -2.50. The molecule has 1 unspecified atom stereocenters. The summed E-state index contributed by atoms with van der Waals surface area (Å²) in [6.07, 6.45) is 2.35. The van der Waals surface area contributed by atoms with Gasteiger partial charge in [-0.1, -0.05) is 13.8 Å². The third-order valence-corrected chi connectivity index (χ3v) is 5.08. The van der Waals surface area contributed by atoms with Crippen molar-refractivity contribution < 1.29 is 4.74 Å². The van der Waals surface area contributed by atoms with Gasteiger partial charge in [0.1, 0.15) is 6.10 Å². The first-order valence-corrected chi connectivity index (χ1v) is 7.44. The fourth-order valence-corrected chi connectivity index (χ4v) is 3.60. The first-order chi connectivity index (χ1) is 7.69. The molecule has 0 radical (unpaired) electrons. The summed E-state index contributed by atoms with van der Waals surface area (Å²) in [7, 11) is 0. The van der Waals surface area contributed by atoms with Crippen molar-refractivity contribution in [3.05, 3.63) is 20.8 Å². The summed E-state index contributed by atoms with van der Waals surface area (Å²) in [5, 5.41) is 3.50. The van der Waals surface area contributed by atoms with E-state index in [1.54, 1.807) is 11.3 Å². The van der Waals surface area contributed by atoms with Crippen molar-refractivity contribution in [2.75, 3.05) is 13.1 Å². The number of rotatable bonds is 3. The number of hydrogen-bond acceptors (Lipinski definition) is 3. The SMILES string of the molecule is CCC1(CC)CNCC(c2ccc(Br)s2)O1. The number of halogens is 1. The molecule has 2 rings (SSSR count). The third-order valence-electron chi connectivity index (χ3n) is 3.37. The average Bonchev–Trinajstić information content (AvgIpc) is 2.76. The van der Waals surface area contributed by atoms with Gasteiger partial charge in [0.2, 0.25) is 0 Å².